The number of carbonyl (C=O) groups excluding carboxylic acids is 1. The summed E-state index contributed by atoms with van der Waals surface area (Å²) in [5, 5.41) is 2.58. The van der Waals surface area contributed by atoms with E-state index in [0.29, 0.717) is 13.0 Å². The van der Waals surface area contributed by atoms with Gasteiger partial charge in [-0.3, -0.25) is 4.79 Å². The number of fused-ring (bicyclic) bond motifs is 1. The second-order valence-corrected chi connectivity index (χ2v) is 7.80. The fourth-order valence-corrected chi connectivity index (χ4v) is 3.77. The van der Waals surface area contributed by atoms with Crippen LogP contribution < -0.4 is 5.32 Å². The number of sulfone groups is 1. The Kier molecular flexibility index (Phi) is 5.33. The van der Waals surface area contributed by atoms with Crippen molar-refractivity contribution >= 4 is 15.7 Å². The first-order chi connectivity index (χ1) is 12.4. The molecule has 0 radical (unpaired) electrons. The minimum atomic E-state index is -4.86. The van der Waals surface area contributed by atoms with Gasteiger partial charge in [-0.1, -0.05) is 36.4 Å². The second-order valence-electron chi connectivity index (χ2n) is 5.92. The minimum Gasteiger partial charge on any atom is -0.371 e. The van der Waals surface area contributed by atoms with Crippen LogP contribution in [0.15, 0.2) is 53.4 Å². The van der Waals surface area contributed by atoms with Gasteiger partial charge >= 0.3 is 5.76 Å². The maximum atomic E-state index is 12.8. The minimum absolute atomic E-state index is 0.149. The molecule has 1 amide bonds. The topological polar surface area (TPSA) is 72.5 Å². The molecule has 0 bridgehead atoms. The van der Waals surface area contributed by atoms with Gasteiger partial charge in [-0.2, -0.15) is 8.78 Å². The Balaban J connectivity index is 1.71. The van der Waals surface area contributed by atoms with Crippen LogP contribution in [0, 0.1) is 0 Å². The molecule has 8 heteroatoms. The molecular formula is C18H17F2NO4S. The average Bonchev–Trinajstić information content (AvgIpc) is 2.65. The van der Waals surface area contributed by atoms with E-state index in [4.69, 9.17) is 4.74 Å². The Morgan fingerprint density at radius 2 is 1.77 bits per heavy atom. The number of benzene rings is 2. The first-order valence-electron chi connectivity index (χ1n) is 7.97. The molecule has 0 saturated heterocycles. The summed E-state index contributed by atoms with van der Waals surface area (Å²) in [5.41, 5.74) is 1.91. The van der Waals surface area contributed by atoms with Crippen LogP contribution in [0.25, 0.3) is 0 Å². The van der Waals surface area contributed by atoms with Gasteiger partial charge in [0.1, 0.15) is 0 Å². The maximum Gasteiger partial charge on any atom is 0.341 e. The normalized spacial score (nSPS) is 17.0. The molecule has 0 saturated carbocycles. The zero-order valence-electron chi connectivity index (χ0n) is 13.7. The molecule has 0 fully saturated rings. The third kappa shape index (κ3) is 3.76. The van der Waals surface area contributed by atoms with E-state index in [2.05, 4.69) is 5.32 Å². The molecule has 0 spiro atoms. The van der Waals surface area contributed by atoms with E-state index in [-0.39, 0.29) is 18.2 Å². The molecule has 3 rings (SSSR count). The summed E-state index contributed by atoms with van der Waals surface area (Å²) in [6, 6.07) is 12.7. The molecule has 138 valence electrons. The highest BCUT2D eigenvalue weighted by molar-refractivity contribution is 7.91. The number of amides is 1. The van der Waals surface area contributed by atoms with E-state index in [1.807, 2.05) is 24.3 Å². The predicted octanol–water partition coefficient (Wildman–Crippen LogP) is 2.55. The highest BCUT2D eigenvalue weighted by Gasteiger charge is 2.31. The van der Waals surface area contributed by atoms with E-state index in [1.165, 1.54) is 18.2 Å². The van der Waals surface area contributed by atoms with Gasteiger partial charge in [-0.25, -0.2) is 8.42 Å². The van der Waals surface area contributed by atoms with E-state index in [0.717, 1.165) is 17.2 Å². The standard InChI is InChI=1S/C18H17F2NO4S/c19-18(20)26(23,24)16-8-4-3-7-15(16)17(22)21-10-14-9-12-5-1-2-6-13(12)11-25-14/h1-8,14,18H,9-11H2,(H,21,22). The van der Waals surface area contributed by atoms with E-state index in [9.17, 15) is 22.0 Å². The number of nitrogens with one attached hydrogen (secondary N) is 1. The van der Waals surface area contributed by atoms with Gasteiger partial charge in [0.2, 0.25) is 9.84 Å². The number of hydrogen-bond donors (Lipinski definition) is 1. The quantitative estimate of drug-likeness (QED) is 0.864. The van der Waals surface area contributed by atoms with Crippen molar-refractivity contribution in [3.8, 4) is 0 Å². The smallest absolute Gasteiger partial charge is 0.341 e. The summed E-state index contributed by atoms with van der Waals surface area (Å²) in [4.78, 5) is 11.7. The monoisotopic (exact) mass is 381 g/mol. The molecule has 1 aliphatic heterocycles. The Labute approximate surface area is 149 Å². The molecule has 0 aliphatic carbocycles. The number of halogens is 2. The van der Waals surface area contributed by atoms with E-state index < -0.39 is 26.4 Å². The van der Waals surface area contributed by atoms with Crippen molar-refractivity contribution in [2.75, 3.05) is 6.54 Å². The van der Waals surface area contributed by atoms with Gasteiger partial charge in [0.05, 0.1) is 23.2 Å². The number of alkyl halides is 2. The van der Waals surface area contributed by atoms with Crippen LogP contribution in [-0.2, 0) is 27.6 Å². The fourth-order valence-electron chi connectivity index (χ4n) is 2.84. The summed E-state index contributed by atoms with van der Waals surface area (Å²) in [7, 11) is -4.86. The number of carbonyl (C=O) groups is 1. The summed E-state index contributed by atoms with van der Waals surface area (Å²) in [5.74, 6) is -4.32. The average molecular weight is 381 g/mol. The molecule has 2 aromatic rings. The van der Waals surface area contributed by atoms with Crippen LogP contribution >= 0.6 is 0 Å². The Morgan fingerprint density at radius 3 is 2.50 bits per heavy atom. The van der Waals surface area contributed by atoms with Crippen molar-refractivity contribution in [1.29, 1.82) is 0 Å². The molecule has 1 unspecified atom stereocenters. The second kappa shape index (κ2) is 7.51. The Hall–Kier alpha value is -2.32. The third-order valence-electron chi connectivity index (χ3n) is 4.20. The van der Waals surface area contributed by atoms with Gasteiger partial charge in [-0.15, -0.1) is 0 Å². The van der Waals surface area contributed by atoms with Crippen molar-refractivity contribution in [3.05, 3.63) is 65.2 Å². The summed E-state index contributed by atoms with van der Waals surface area (Å²) >= 11 is 0. The molecule has 26 heavy (non-hydrogen) atoms. The molecule has 1 atom stereocenters. The molecular weight excluding hydrogens is 364 g/mol. The molecule has 2 aromatic carbocycles. The SMILES string of the molecule is O=C(NCC1Cc2ccccc2CO1)c1ccccc1S(=O)(=O)C(F)F. The lowest BCUT2D eigenvalue weighted by atomic mass is 9.99. The van der Waals surface area contributed by atoms with Gasteiger partial charge in [0.25, 0.3) is 5.91 Å². The van der Waals surface area contributed by atoms with Crippen LogP contribution in [0.1, 0.15) is 21.5 Å². The van der Waals surface area contributed by atoms with E-state index in [1.54, 1.807) is 0 Å². The van der Waals surface area contributed by atoms with Crippen LogP contribution in [0.4, 0.5) is 8.78 Å². The summed E-state index contributed by atoms with van der Waals surface area (Å²) in [6.07, 6.45) is 0.334. The summed E-state index contributed by atoms with van der Waals surface area (Å²) in [6.45, 7) is 0.573. The van der Waals surface area contributed by atoms with Crippen molar-refractivity contribution in [2.24, 2.45) is 0 Å². The fraction of sp³-hybridized carbons (Fsp3) is 0.278. The van der Waals surface area contributed by atoms with Crippen molar-refractivity contribution in [1.82, 2.24) is 5.32 Å². The van der Waals surface area contributed by atoms with Crippen molar-refractivity contribution < 1.29 is 26.7 Å². The molecule has 1 heterocycles. The van der Waals surface area contributed by atoms with Gasteiger partial charge < -0.3 is 10.1 Å². The third-order valence-corrected chi connectivity index (χ3v) is 5.64. The van der Waals surface area contributed by atoms with Crippen molar-refractivity contribution in [2.45, 2.75) is 29.8 Å². The lowest BCUT2D eigenvalue weighted by Crippen LogP contribution is -2.37. The highest BCUT2D eigenvalue weighted by Crippen LogP contribution is 2.23. The van der Waals surface area contributed by atoms with Crippen LogP contribution in [-0.4, -0.2) is 32.7 Å². The molecule has 0 aromatic heterocycles. The van der Waals surface area contributed by atoms with Crippen LogP contribution in [0.2, 0.25) is 0 Å². The number of ether oxygens (including phenoxy) is 1. The van der Waals surface area contributed by atoms with Crippen LogP contribution in [0.5, 0.6) is 0 Å². The first kappa shape index (κ1) is 18.5. The van der Waals surface area contributed by atoms with Gasteiger partial charge in [-0.05, 0) is 23.3 Å². The lowest BCUT2D eigenvalue weighted by molar-refractivity contribution is 0.0284. The van der Waals surface area contributed by atoms with Crippen LogP contribution in [0.3, 0.4) is 0 Å². The molecule has 1 aliphatic rings. The predicted molar refractivity (Wildman–Crippen MR) is 90.7 cm³/mol. The molecule has 5 nitrogen and oxygen atoms in total. The number of hydrogen-bond acceptors (Lipinski definition) is 4. The first-order valence-corrected chi connectivity index (χ1v) is 9.52. The largest absolute Gasteiger partial charge is 0.371 e. The highest BCUT2D eigenvalue weighted by atomic mass is 32.2. The van der Waals surface area contributed by atoms with Gasteiger partial charge in [0, 0.05) is 13.0 Å². The maximum absolute atomic E-state index is 12.8. The van der Waals surface area contributed by atoms with Crippen molar-refractivity contribution in [3.63, 3.8) is 0 Å². The zero-order chi connectivity index (χ0) is 18.7. The zero-order valence-corrected chi connectivity index (χ0v) is 14.5. The lowest BCUT2D eigenvalue weighted by Gasteiger charge is -2.25. The Morgan fingerprint density at radius 1 is 1.12 bits per heavy atom. The summed E-state index contributed by atoms with van der Waals surface area (Å²) < 4.78 is 54.8. The Bertz CT molecular complexity index is 915. The number of rotatable bonds is 5. The molecule has 1 N–H and O–H groups in total. The van der Waals surface area contributed by atoms with Gasteiger partial charge in [0.15, 0.2) is 0 Å². The van der Waals surface area contributed by atoms with E-state index >= 15 is 0 Å².